The van der Waals surface area contributed by atoms with Gasteiger partial charge in [0.25, 0.3) is 0 Å². The Morgan fingerprint density at radius 2 is 2.10 bits per heavy atom. The Morgan fingerprint density at radius 1 is 1.33 bits per heavy atom. The van der Waals surface area contributed by atoms with Gasteiger partial charge in [-0.15, -0.1) is 0 Å². The number of H-pyrrole nitrogens is 1. The largest absolute Gasteiger partial charge is 0.389 e. The van der Waals surface area contributed by atoms with E-state index in [4.69, 9.17) is 11.6 Å². The number of carbonyl (C=O) groups is 1. The number of aliphatic hydroxyl groups is 1. The molecular formula is C14H17ClN4O2. The Bertz CT molecular complexity index is 664. The van der Waals surface area contributed by atoms with Crippen molar-refractivity contribution in [3.8, 4) is 0 Å². The van der Waals surface area contributed by atoms with E-state index in [0.717, 1.165) is 19.3 Å². The fourth-order valence-corrected chi connectivity index (χ4v) is 2.93. The van der Waals surface area contributed by atoms with Crippen LogP contribution in [-0.4, -0.2) is 31.6 Å². The van der Waals surface area contributed by atoms with Crippen molar-refractivity contribution in [2.75, 3.05) is 5.32 Å². The Morgan fingerprint density at radius 3 is 2.86 bits per heavy atom. The average molecular weight is 309 g/mol. The molecule has 2 aromatic rings. The molecule has 1 aliphatic rings. The van der Waals surface area contributed by atoms with E-state index < -0.39 is 5.60 Å². The molecule has 3 N–H and O–H groups in total. The molecule has 7 heteroatoms. The SMILES string of the molecule is O=C(CC1(O)CCCCC1)Nc1nc2nc(Cl)ccc2[nH]1. The summed E-state index contributed by atoms with van der Waals surface area (Å²) in [5, 5.41) is 13.4. The molecular weight excluding hydrogens is 292 g/mol. The first-order valence-corrected chi connectivity index (χ1v) is 7.46. The van der Waals surface area contributed by atoms with Crippen LogP contribution in [-0.2, 0) is 4.79 Å². The van der Waals surface area contributed by atoms with Crippen molar-refractivity contribution in [1.82, 2.24) is 15.0 Å². The first kappa shape index (κ1) is 14.3. The summed E-state index contributed by atoms with van der Waals surface area (Å²) < 4.78 is 0. The zero-order valence-corrected chi connectivity index (χ0v) is 12.3. The van der Waals surface area contributed by atoms with Crippen LogP contribution in [0.4, 0.5) is 5.95 Å². The Balaban J connectivity index is 1.68. The van der Waals surface area contributed by atoms with Crippen LogP contribution in [0, 0.1) is 0 Å². The van der Waals surface area contributed by atoms with Gasteiger partial charge in [-0.1, -0.05) is 30.9 Å². The van der Waals surface area contributed by atoms with E-state index in [9.17, 15) is 9.90 Å². The summed E-state index contributed by atoms with van der Waals surface area (Å²) >= 11 is 5.80. The molecule has 0 aliphatic heterocycles. The number of hydrogen-bond donors (Lipinski definition) is 3. The van der Waals surface area contributed by atoms with E-state index in [1.54, 1.807) is 12.1 Å². The summed E-state index contributed by atoms with van der Waals surface area (Å²) in [7, 11) is 0. The maximum Gasteiger partial charge on any atom is 0.229 e. The van der Waals surface area contributed by atoms with Gasteiger partial charge in [0.05, 0.1) is 17.5 Å². The minimum Gasteiger partial charge on any atom is -0.389 e. The predicted octanol–water partition coefficient (Wildman–Crippen LogP) is 2.64. The number of aromatic nitrogens is 3. The van der Waals surface area contributed by atoms with Crippen molar-refractivity contribution in [1.29, 1.82) is 0 Å². The molecule has 0 unspecified atom stereocenters. The van der Waals surface area contributed by atoms with Gasteiger partial charge >= 0.3 is 0 Å². The number of halogens is 1. The molecule has 0 aromatic carbocycles. The first-order valence-electron chi connectivity index (χ1n) is 7.09. The van der Waals surface area contributed by atoms with Crippen LogP contribution >= 0.6 is 11.6 Å². The van der Waals surface area contributed by atoms with E-state index >= 15 is 0 Å². The second-order valence-electron chi connectivity index (χ2n) is 5.60. The molecule has 0 saturated heterocycles. The van der Waals surface area contributed by atoms with Gasteiger partial charge < -0.3 is 10.1 Å². The summed E-state index contributed by atoms with van der Waals surface area (Å²) in [5.74, 6) is 0.0775. The number of amides is 1. The van der Waals surface area contributed by atoms with Crippen molar-refractivity contribution in [3.63, 3.8) is 0 Å². The normalized spacial score (nSPS) is 17.8. The van der Waals surface area contributed by atoms with Crippen LogP contribution < -0.4 is 5.32 Å². The van der Waals surface area contributed by atoms with Gasteiger partial charge in [-0.2, -0.15) is 4.98 Å². The van der Waals surface area contributed by atoms with E-state index in [0.29, 0.717) is 35.1 Å². The van der Waals surface area contributed by atoms with Crippen molar-refractivity contribution >= 4 is 34.6 Å². The molecule has 0 atom stereocenters. The Hall–Kier alpha value is -1.66. The highest BCUT2D eigenvalue weighted by atomic mass is 35.5. The second-order valence-corrected chi connectivity index (χ2v) is 5.99. The lowest BCUT2D eigenvalue weighted by Gasteiger charge is -2.31. The van der Waals surface area contributed by atoms with Gasteiger partial charge in [-0.3, -0.25) is 10.1 Å². The monoisotopic (exact) mass is 308 g/mol. The van der Waals surface area contributed by atoms with Gasteiger partial charge in [0.15, 0.2) is 5.65 Å². The van der Waals surface area contributed by atoms with Crippen LogP contribution in [0.25, 0.3) is 11.2 Å². The second kappa shape index (κ2) is 5.61. The van der Waals surface area contributed by atoms with Crippen molar-refractivity contribution in [3.05, 3.63) is 17.3 Å². The molecule has 0 radical (unpaired) electrons. The third kappa shape index (κ3) is 3.33. The van der Waals surface area contributed by atoms with E-state index in [2.05, 4.69) is 20.3 Å². The van der Waals surface area contributed by atoms with Crippen LogP contribution in [0.1, 0.15) is 38.5 Å². The molecule has 1 aliphatic carbocycles. The number of pyridine rings is 1. The maximum atomic E-state index is 12.1. The molecule has 1 amide bonds. The van der Waals surface area contributed by atoms with Gasteiger partial charge in [0.1, 0.15) is 5.15 Å². The highest BCUT2D eigenvalue weighted by molar-refractivity contribution is 6.29. The first-order chi connectivity index (χ1) is 10.0. The lowest BCUT2D eigenvalue weighted by molar-refractivity contribution is -0.122. The van der Waals surface area contributed by atoms with Crippen LogP contribution in [0.15, 0.2) is 12.1 Å². The van der Waals surface area contributed by atoms with E-state index in [-0.39, 0.29) is 12.3 Å². The third-order valence-electron chi connectivity index (χ3n) is 3.84. The summed E-state index contributed by atoms with van der Waals surface area (Å²) in [5.41, 5.74) is 0.274. The van der Waals surface area contributed by atoms with Gasteiger partial charge in [-0.25, -0.2) is 4.98 Å². The number of nitrogens with one attached hydrogen (secondary N) is 2. The predicted molar refractivity (Wildman–Crippen MR) is 80.2 cm³/mol. The number of anilines is 1. The molecule has 1 fully saturated rings. The lowest BCUT2D eigenvalue weighted by Crippen LogP contribution is -2.36. The lowest BCUT2D eigenvalue weighted by atomic mass is 9.82. The highest BCUT2D eigenvalue weighted by Gasteiger charge is 2.31. The molecule has 3 rings (SSSR count). The van der Waals surface area contributed by atoms with Crippen molar-refractivity contribution in [2.45, 2.75) is 44.1 Å². The molecule has 6 nitrogen and oxygen atoms in total. The van der Waals surface area contributed by atoms with Crippen molar-refractivity contribution < 1.29 is 9.90 Å². The van der Waals surface area contributed by atoms with Gasteiger partial charge in [-0.05, 0) is 25.0 Å². The fraction of sp³-hybridized carbons (Fsp3) is 0.500. The molecule has 0 bridgehead atoms. The summed E-state index contributed by atoms with van der Waals surface area (Å²) in [6.07, 6.45) is 4.52. The number of carbonyl (C=O) groups excluding carboxylic acids is 1. The van der Waals surface area contributed by atoms with Crippen LogP contribution in [0.2, 0.25) is 5.15 Å². The molecule has 2 aromatic heterocycles. The molecule has 21 heavy (non-hydrogen) atoms. The highest BCUT2D eigenvalue weighted by Crippen LogP contribution is 2.31. The summed E-state index contributed by atoms with van der Waals surface area (Å²) in [4.78, 5) is 23.2. The third-order valence-corrected chi connectivity index (χ3v) is 4.05. The standard InChI is InChI=1S/C14H17ClN4O2/c15-10-5-4-9-12(17-10)19-13(16-9)18-11(20)8-14(21)6-2-1-3-7-14/h4-5,21H,1-3,6-8H2,(H2,16,17,18,19,20). The Kier molecular flexibility index (Phi) is 3.82. The minimum absolute atomic E-state index is 0.0955. The number of aromatic amines is 1. The van der Waals surface area contributed by atoms with Gasteiger partial charge in [0.2, 0.25) is 11.9 Å². The number of nitrogens with zero attached hydrogens (tertiary/aromatic N) is 2. The zero-order chi connectivity index (χ0) is 14.9. The van der Waals surface area contributed by atoms with Crippen LogP contribution in [0.5, 0.6) is 0 Å². The molecule has 2 heterocycles. The number of imidazole rings is 1. The quantitative estimate of drug-likeness (QED) is 0.760. The Labute approximate surface area is 126 Å². The minimum atomic E-state index is -0.879. The summed E-state index contributed by atoms with van der Waals surface area (Å²) in [6.45, 7) is 0. The van der Waals surface area contributed by atoms with Crippen molar-refractivity contribution in [2.24, 2.45) is 0 Å². The van der Waals surface area contributed by atoms with E-state index in [1.807, 2.05) is 0 Å². The summed E-state index contributed by atoms with van der Waals surface area (Å²) in [6, 6.07) is 3.40. The van der Waals surface area contributed by atoms with Gasteiger partial charge in [0, 0.05) is 0 Å². The average Bonchev–Trinajstić information content (AvgIpc) is 2.79. The number of rotatable bonds is 3. The molecule has 0 spiro atoms. The number of fused-ring (bicyclic) bond motifs is 1. The molecule has 1 saturated carbocycles. The molecule has 112 valence electrons. The topological polar surface area (TPSA) is 90.9 Å². The smallest absolute Gasteiger partial charge is 0.229 e. The van der Waals surface area contributed by atoms with Crippen LogP contribution in [0.3, 0.4) is 0 Å². The van der Waals surface area contributed by atoms with E-state index in [1.165, 1.54) is 0 Å². The fourth-order valence-electron chi connectivity index (χ4n) is 2.79. The zero-order valence-electron chi connectivity index (χ0n) is 11.5. The maximum absolute atomic E-state index is 12.1. The number of hydrogen-bond acceptors (Lipinski definition) is 4.